The van der Waals surface area contributed by atoms with Crippen molar-refractivity contribution in [2.24, 2.45) is 5.92 Å². The van der Waals surface area contributed by atoms with Gasteiger partial charge >= 0.3 is 5.97 Å². The van der Waals surface area contributed by atoms with E-state index in [0.29, 0.717) is 30.8 Å². The SMILES string of the molecule is O=C(O)C1CC(OCCOc2ccc(Br)cc2-c2cc(=O)c3cc(F)cc(Cl)c3o2)C1. The van der Waals surface area contributed by atoms with Gasteiger partial charge in [-0.1, -0.05) is 27.5 Å². The lowest BCUT2D eigenvalue weighted by atomic mass is 9.82. The predicted molar refractivity (Wildman–Crippen MR) is 116 cm³/mol. The third-order valence-electron chi connectivity index (χ3n) is 5.09. The third kappa shape index (κ3) is 4.76. The van der Waals surface area contributed by atoms with Gasteiger partial charge in [-0.25, -0.2) is 4.39 Å². The summed E-state index contributed by atoms with van der Waals surface area (Å²) in [4.78, 5) is 23.4. The van der Waals surface area contributed by atoms with Crippen LogP contribution in [0, 0.1) is 11.7 Å². The molecule has 0 aliphatic heterocycles. The Hall–Kier alpha value is -2.42. The van der Waals surface area contributed by atoms with Gasteiger partial charge in [0.25, 0.3) is 0 Å². The molecule has 1 aliphatic carbocycles. The first-order chi connectivity index (χ1) is 14.8. The molecule has 6 nitrogen and oxygen atoms in total. The first kappa shape index (κ1) is 21.8. The number of halogens is 3. The second kappa shape index (κ2) is 8.98. The van der Waals surface area contributed by atoms with Crippen molar-refractivity contribution < 1.29 is 28.2 Å². The summed E-state index contributed by atoms with van der Waals surface area (Å²) >= 11 is 9.48. The van der Waals surface area contributed by atoms with E-state index in [2.05, 4.69) is 15.9 Å². The maximum atomic E-state index is 13.6. The zero-order chi connectivity index (χ0) is 22.1. The van der Waals surface area contributed by atoms with Crippen molar-refractivity contribution in [2.45, 2.75) is 18.9 Å². The quantitative estimate of drug-likeness (QED) is 0.435. The Morgan fingerprint density at radius 3 is 2.74 bits per heavy atom. The van der Waals surface area contributed by atoms with E-state index < -0.39 is 17.2 Å². The van der Waals surface area contributed by atoms with Crippen molar-refractivity contribution >= 4 is 44.5 Å². The molecule has 1 heterocycles. The number of hydrogen-bond acceptors (Lipinski definition) is 5. The fraction of sp³-hybridized carbons (Fsp3) is 0.273. The molecule has 0 amide bonds. The van der Waals surface area contributed by atoms with E-state index in [0.717, 1.165) is 16.6 Å². The summed E-state index contributed by atoms with van der Waals surface area (Å²) in [5.74, 6) is -1.06. The topological polar surface area (TPSA) is 86.0 Å². The summed E-state index contributed by atoms with van der Waals surface area (Å²) in [5, 5.41) is 8.96. The second-order valence-corrected chi connectivity index (χ2v) is 8.55. The van der Waals surface area contributed by atoms with Gasteiger partial charge in [0.05, 0.1) is 34.6 Å². The van der Waals surface area contributed by atoms with Gasteiger partial charge in [0.15, 0.2) is 11.0 Å². The number of carbonyl (C=O) groups is 1. The minimum Gasteiger partial charge on any atom is -0.490 e. The van der Waals surface area contributed by atoms with Crippen molar-refractivity contribution in [1.82, 2.24) is 0 Å². The number of carboxylic acid groups (broad SMARTS) is 1. The maximum Gasteiger partial charge on any atom is 0.306 e. The van der Waals surface area contributed by atoms with Gasteiger partial charge in [-0.2, -0.15) is 0 Å². The summed E-state index contributed by atoms with van der Waals surface area (Å²) in [7, 11) is 0. The number of rotatable bonds is 7. The van der Waals surface area contributed by atoms with Gasteiger partial charge in [-0.3, -0.25) is 9.59 Å². The van der Waals surface area contributed by atoms with Crippen LogP contribution in [0.5, 0.6) is 5.75 Å². The molecule has 0 atom stereocenters. The highest BCUT2D eigenvalue weighted by atomic mass is 79.9. The van der Waals surface area contributed by atoms with Gasteiger partial charge in [-0.15, -0.1) is 0 Å². The molecular formula is C22H17BrClFO6. The summed E-state index contributed by atoms with van der Waals surface area (Å²) in [6, 6.07) is 8.68. The van der Waals surface area contributed by atoms with Crippen molar-refractivity contribution in [1.29, 1.82) is 0 Å². The van der Waals surface area contributed by atoms with Crippen molar-refractivity contribution in [3.05, 3.63) is 61.9 Å². The molecule has 0 saturated heterocycles. The lowest BCUT2D eigenvalue weighted by molar-refractivity contribution is -0.151. The van der Waals surface area contributed by atoms with Gasteiger partial charge in [0.1, 0.15) is 23.9 Å². The normalized spacial score (nSPS) is 18.0. The number of aliphatic carboxylic acids is 1. The Kier molecular flexibility index (Phi) is 6.31. The zero-order valence-corrected chi connectivity index (χ0v) is 18.4. The summed E-state index contributed by atoms with van der Waals surface area (Å²) in [5.41, 5.74) is 0.186. The number of hydrogen-bond donors (Lipinski definition) is 1. The number of benzene rings is 2. The van der Waals surface area contributed by atoms with Crippen LogP contribution in [0.3, 0.4) is 0 Å². The Labute approximate surface area is 189 Å². The Morgan fingerprint density at radius 1 is 1.23 bits per heavy atom. The fourth-order valence-corrected chi connectivity index (χ4v) is 4.01. The summed E-state index contributed by atoms with van der Waals surface area (Å²) in [6.07, 6.45) is 0.931. The van der Waals surface area contributed by atoms with Crippen molar-refractivity contribution in [3.8, 4) is 17.1 Å². The molecule has 1 saturated carbocycles. The predicted octanol–water partition coefficient (Wildman–Crippen LogP) is 5.27. The smallest absolute Gasteiger partial charge is 0.306 e. The van der Waals surface area contributed by atoms with Crippen LogP contribution in [0.15, 0.2) is 50.1 Å². The van der Waals surface area contributed by atoms with Crippen LogP contribution in [0.2, 0.25) is 5.02 Å². The van der Waals surface area contributed by atoms with Gasteiger partial charge < -0.3 is 19.0 Å². The molecule has 0 spiro atoms. The molecule has 31 heavy (non-hydrogen) atoms. The highest BCUT2D eigenvalue weighted by Crippen LogP contribution is 2.35. The number of fused-ring (bicyclic) bond motifs is 1. The van der Waals surface area contributed by atoms with E-state index in [1.54, 1.807) is 18.2 Å². The van der Waals surface area contributed by atoms with Crippen LogP contribution in [0.4, 0.5) is 4.39 Å². The monoisotopic (exact) mass is 510 g/mol. The summed E-state index contributed by atoms with van der Waals surface area (Å²) in [6.45, 7) is 0.520. The molecule has 0 radical (unpaired) electrons. The molecule has 162 valence electrons. The second-order valence-electron chi connectivity index (χ2n) is 7.23. The first-order valence-electron chi connectivity index (χ1n) is 9.52. The molecule has 1 fully saturated rings. The first-order valence-corrected chi connectivity index (χ1v) is 10.7. The molecule has 2 aromatic carbocycles. The maximum absolute atomic E-state index is 13.6. The van der Waals surface area contributed by atoms with Gasteiger partial charge in [0, 0.05) is 10.5 Å². The van der Waals surface area contributed by atoms with E-state index in [4.69, 9.17) is 30.6 Å². The van der Waals surface area contributed by atoms with E-state index >= 15 is 0 Å². The zero-order valence-electron chi connectivity index (χ0n) is 16.1. The van der Waals surface area contributed by atoms with Crippen LogP contribution >= 0.6 is 27.5 Å². The highest BCUT2D eigenvalue weighted by molar-refractivity contribution is 9.10. The van der Waals surface area contributed by atoms with Gasteiger partial charge in [-0.05, 0) is 43.2 Å². The average Bonchev–Trinajstić information content (AvgIpc) is 2.67. The van der Waals surface area contributed by atoms with Crippen LogP contribution in [0.1, 0.15) is 12.8 Å². The molecule has 0 unspecified atom stereocenters. The Morgan fingerprint density at radius 2 is 2.00 bits per heavy atom. The Balaban J connectivity index is 1.52. The van der Waals surface area contributed by atoms with Crippen LogP contribution in [0.25, 0.3) is 22.3 Å². The molecule has 1 aromatic heterocycles. The molecule has 9 heteroatoms. The van der Waals surface area contributed by atoms with Crippen LogP contribution in [-0.4, -0.2) is 30.4 Å². The largest absolute Gasteiger partial charge is 0.490 e. The molecule has 1 aliphatic rings. The fourth-order valence-electron chi connectivity index (χ4n) is 3.41. The number of carboxylic acids is 1. The molecule has 3 aromatic rings. The molecule has 1 N–H and O–H groups in total. The molecule has 4 rings (SSSR count). The highest BCUT2D eigenvalue weighted by Gasteiger charge is 2.35. The number of ether oxygens (including phenoxy) is 2. The third-order valence-corrected chi connectivity index (χ3v) is 5.87. The summed E-state index contributed by atoms with van der Waals surface area (Å²) < 4.78 is 31.6. The lowest BCUT2D eigenvalue weighted by Crippen LogP contribution is -2.37. The van der Waals surface area contributed by atoms with E-state index in [-0.39, 0.29) is 40.4 Å². The van der Waals surface area contributed by atoms with Crippen LogP contribution < -0.4 is 10.2 Å². The van der Waals surface area contributed by atoms with Crippen molar-refractivity contribution in [3.63, 3.8) is 0 Å². The van der Waals surface area contributed by atoms with E-state index in [9.17, 15) is 14.0 Å². The van der Waals surface area contributed by atoms with Gasteiger partial charge in [0.2, 0.25) is 0 Å². The van der Waals surface area contributed by atoms with E-state index in [1.807, 2.05) is 0 Å². The average molecular weight is 512 g/mol. The Bertz CT molecular complexity index is 1200. The minimum atomic E-state index is -0.796. The van der Waals surface area contributed by atoms with Crippen molar-refractivity contribution in [2.75, 3.05) is 13.2 Å². The minimum absolute atomic E-state index is 0.0000197. The molecular weight excluding hydrogens is 495 g/mol. The standard InChI is InChI=1S/C22H17BrClFO6/c23-12-1-2-19(30-4-3-29-14-5-11(6-14)22(27)28)16(7-12)20-10-18(26)15-8-13(25)9-17(24)21(15)31-20/h1-2,7-11,14H,3-6H2,(H,27,28). The lowest BCUT2D eigenvalue weighted by Gasteiger charge is -2.32. The molecule has 0 bridgehead atoms. The van der Waals surface area contributed by atoms with E-state index in [1.165, 1.54) is 6.07 Å². The van der Waals surface area contributed by atoms with Crippen LogP contribution in [-0.2, 0) is 9.53 Å².